The van der Waals surface area contributed by atoms with E-state index in [0.717, 1.165) is 18.2 Å². The predicted molar refractivity (Wildman–Crippen MR) is 65.0 cm³/mol. The van der Waals surface area contributed by atoms with Crippen molar-refractivity contribution >= 4 is 0 Å². The number of halogens is 3. The molecule has 0 aliphatic rings. The van der Waals surface area contributed by atoms with E-state index in [9.17, 15) is 13.2 Å². The maximum Gasteiger partial charge on any atom is 0.129 e. The van der Waals surface area contributed by atoms with Gasteiger partial charge in [0.05, 0.1) is 0 Å². The number of hydrogen-bond donors (Lipinski definition) is 1. The Morgan fingerprint density at radius 3 is 2.26 bits per heavy atom. The average molecular weight is 267 g/mol. The SMILES string of the molecule is NCc1cc(COc2cc(F)cc(F)c2)ccc1F. The summed E-state index contributed by atoms with van der Waals surface area (Å²) in [7, 11) is 0. The summed E-state index contributed by atoms with van der Waals surface area (Å²) < 4.78 is 44.3. The van der Waals surface area contributed by atoms with Crippen LogP contribution >= 0.6 is 0 Å². The van der Waals surface area contributed by atoms with Gasteiger partial charge in [0.25, 0.3) is 0 Å². The third-order valence-corrected chi connectivity index (χ3v) is 2.57. The van der Waals surface area contributed by atoms with Gasteiger partial charge in [-0.25, -0.2) is 13.2 Å². The first kappa shape index (κ1) is 13.4. The van der Waals surface area contributed by atoms with Crippen molar-refractivity contribution in [3.63, 3.8) is 0 Å². The second-order valence-corrected chi connectivity index (χ2v) is 4.02. The van der Waals surface area contributed by atoms with Crippen LogP contribution in [0, 0.1) is 17.5 Å². The van der Waals surface area contributed by atoms with E-state index in [0.29, 0.717) is 11.1 Å². The lowest BCUT2D eigenvalue weighted by molar-refractivity contribution is 0.302. The first-order valence-corrected chi connectivity index (χ1v) is 5.65. The van der Waals surface area contributed by atoms with E-state index in [1.807, 2.05) is 0 Å². The van der Waals surface area contributed by atoms with Crippen LogP contribution in [-0.2, 0) is 13.2 Å². The van der Waals surface area contributed by atoms with E-state index in [2.05, 4.69) is 0 Å². The molecule has 0 aliphatic carbocycles. The van der Waals surface area contributed by atoms with Gasteiger partial charge >= 0.3 is 0 Å². The van der Waals surface area contributed by atoms with Gasteiger partial charge in [-0.3, -0.25) is 0 Å². The second kappa shape index (κ2) is 5.75. The molecule has 2 aromatic rings. The molecule has 0 aliphatic heterocycles. The van der Waals surface area contributed by atoms with Crippen LogP contribution in [0.2, 0.25) is 0 Å². The van der Waals surface area contributed by atoms with Gasteiger partial charge in [-0.15, -0.1) is 0 Å². The van der Waals surface area contributed by atoms with Crippen molar-refractivity contribution in [1.29, 1.82) is 0 Å². The summed E-state index contributed by atoms with van der Waals surface area (Å²) >= 11 is 0. The molecule has 0 amide bonds. The zero-order valence-corrected chi connectivity index (χ0v) is 10.00. The molecule has 2 aromatic carbocycles. The number of rotatable bonds is 4. The van der Waals surface area contributed by atoms with E-state index in [1.165, 1.54) is 12.1 Å². The Balaban J connectivity index is 2.10. The molecule has 0 aromatic heterocycles. The van der Waals surface area contributed by atoms with Crippen LogP contribution in [0.3, 0.4) is 0 Å². The molecule has 0 spiro atoms. The monoisotopic (exact) mass is 267 g/mol. The largest absolute Gasteiger partial charge is 0.489 e. The highest BCUT2D eigenvalue weighted by molar-refractivity contribution is 5.27. The smallest absolute Gasteiger partial charge is 0.129 e. The molecule has 0 saturated carbocycles. The molecule has 0 atom stereocenters. The van der Waals surface area contributed by atoms with E-state index in [1.54, 1.807) is 6.07 Å². The summed E-state index contributed by atoms with van der Waals surface area (Å²) in [6.07, 6.45) is 0. The lowest BCUT2D eigenvalue weighted by Crippen LogP contribution is -2.03. The molecule has 2 rings (SSSR count). The van der Waals surface area contributed by atoms with Crippen molar-refractivity contribution in [2.24, 2.45) is 5.73 Å². The minimum Gasteiger partial charge on any atom is -0.489 e. The van der Waals surface area contributed by atoms with E-state index in [4.69, 9.17) is 10.5 Å². The van der Waals surface area contributed by atoms with Gasteiger partial charge in [0, 0.05) is 30.3 Å². The maximum atomic E-state index is 13.2. The first-order chi connectivity index (χ1) is 9.08. The molecule has 0 bridgehead atoms. The third-order valence-electron chi connectivity index (χ3n) is 2.57. The highest BCUT2D eigenvalue weighted by Crippen LogP contribution is 2.18. The van der Waals surface area contributed by atoms with Crippen LogP contribution in [0.1, 0.15) is 11.1 Å². The van der Waals surface area contributed by atoms with Crippen molar-refractivity contribution in [2.75, 3.05) is 0 Å². The Morgan fingerprint density at radius 2 is 1.63 bits per heavy atom. The molecule has 0 heterocycles. The number of ether oxygens (including phenoxy) is 1. The van der Waals surface area contributed by atoms with Crippen LogP contribution in [0.4, 0.5) is 13.2 Å². The highest BCUT2D eigenvalue weighted by atomic mass is 19.1. The zero-order valence-electron chi connectivity index (χ0n) is 10.00. The summed E-state index contributed by atoms with van der Waals surface area (Å²) in [5.74, 6) is -1.73. The molecule has 2 nitrogen and oxygen atoms in total. The topological polar surface area (TPSA) is 35.2 Å². The van der Waals surface area contributed by atoms with E-state index in [-0.39, 0.29) is 24.7 Å². The predicted octanol–water partition coefficient (Wildman–Crippen LogP) is 3.14. The summed E-state index contributed by atoms with van der Waals surface area (Å²) in [6, 6.07) is 7.30. The van der Waals surface area contributed by atoms with Crippen LogP contribution in [0.15, 0.2) is 36.4 Å². The molecule has 0 fully saturated rings. The Kier molecular flexibility index (Phi) is 4.06. The quantitative estimate of drug-likeness (QED) is 0.923. The van der Waals surface area contributed by atoms with Gasteiger partial charge in [0.15, 0.2) is 0 Å². The normalized spacial score (nSPS) is 10.5. The second-order valence-electron chi connectivity index (χ2n) is 4.02. The van der Waals surface area contributed by atoms with Crippen molar-refractivity contribution in [2.45, 2.75) is 13.2 Å². The lowest BCUT2D eigenvalue weighted by atomic mass is 10.1. The fourth-order valence-corrected chi connectivity index (χ4v) is 1.65. The van der Waals surface area contributed by atoms with Crippen molar-refractivity contribution in [3.05, 3.63) is 65.0 Å². The molecule has 100 valence electrons. The summed E-state index contributed by atoms with van der Waals surface area (Å²) in [4.78, 5) is 0. The van der Waals surface area contributed by atoms with Gasteiger partial charge in [-0.2, -0.15) is 0 Å². The van der Waals surface area contributed by atoms with Gasteiger partial charge < -0.3 is 10.5 Å². The third kappa shape index (κ3) is 3.48. The van der Waals surface area contributed by atoms with Gasteiger partial charge in [0.1, 0.15) is 29.8 Å². The Morgan fingerprint density at radius 1 is 0.947 bits per heavy atom. The van der Waals surface area contributed by atoms with Crippen molar-refractivity contribution in [1.82, 2.24) is 0 Å². The maximum absolute atomic E-state index is 13.2. The van der Waals surface area contributed by atoms with Crippen molar-refractivity contribution < 1.29 is 17.9 Å². The minimum atomic E-state index is -0.711. The zero-order chi connectivity index (χ0) is 13.8. The number of hydrogen-bond acceptors (Lipinski definition) is 2. The van der Waals surface area contributed by atoms with Crippen LogP contribution < -0.4 is 10.5 Å². The van der Waals surface area contributed by atoms with Crippen LogP contribution in [-0.4, -0.2) is 0 Å². The molecule has 19 heavy (non-hydrogen) atoms. The molecular formula is C14H12F3NO. The van der Waals surface area contributed by atoms with E-state index < -0.39 is 11.6 Å². The highest BCUT2D eigenvalue weighted by Gasteiger charge is 2.05. The molecule has 0 radical (unpaired) electrons. The number of benzene rings is 2. The Hall–Kier alpha value is -2.01. The average Bonchev–Trinajstić information content (AvgIpc) is 2.36. The van der Waals surface area contributed by atoms with Gasteiger partial charge in [0.2, 0.25) is 0 Å². The number of nitrogens with two attached hydrogens (primary N) is 1. The van der Waals surface area contributed by atoms with Crippen LogP contribution in [0.25, 0.3) is 0 Å². The van der Waals surface area contributed by atoms with Crippen molar-refractivity contribution in [3.8, 4) is 5.75 Å². The van der Waals surface area contributed by atoms with Gasteiger partial charge in [-0.1, -0.05) is 6.07 Å². The Labute approximate surface area is 108 Å². The van der Waals surface area contributed by atoms with E-state index >= 15 is 0 Å². The molecule has 2 N–H and O–H groups in total. The Bertz CT molecular complexity index is 567. The fraction of sp³-hybridized carbons (Fsp3) is 0.143. The summed E-state index contributed by atoms with van der Waals surface area (Å²) in [5, 5.41) is 0. The molecule has 0 saturated heterocycles. The summed E-state index contributed by atoms with van der Waals surface area (Å²) in [5.41, 5.74) is 6.43. The standard InChI is InChI=1S/C14H12F3NO/c15-11-4-12(16)6-13(5-11)19-8-9-1-2-14(17)10(3-9)7-18/h1-6H,7-8,18H2. The van der Waals surface area contributed by atoms with Crippen LogP contribution in [0.5, 0.6) is 5.75 Å². The fourth-order valence-electron chi connectivity index (χ4n) is 1.65. The minimum absolute atomic E-state index is 0.0776. The first-order valence-electron chi connectivity index (χ1n) is 5.65. The molecular weight excluding hydrogens is 255 g/mol. The summed E-state index contributed by atoms with van der Waals surface area (Å²) in [6.45, 7) is 0.157. The van der Waals surface area contributed by atoms with Gasteiger partial charge in [-0.05, 0) is 17.7 Å². The molecule has 5 heteroatoms. The molecule has 0 unspecified atom stereocenters. The lowest BCUT2D eigenvalue weighted by Gasteiger charge is -2.08.